The van der Waals surface area contributed by atoms with Crippen molar-refractivity contribution in [2.24, 2.45) is 0 Å². The Bertz CT molecular complexity index is 477. The molecule has 1 aromatic heterocycles. The van der Waals surface area contributed by atoms with E-state index in [-0.39, 0.29) is 0 Å². The third kappa shape index (κ3) is 3.06. The molecule has 1 aromatic rings. The predicted molar refractivity (Wildman–Crippen MR) is 60.7 cm³/mol. The number of rotatable bonds is 5. The zero-order chi connectivity index (χ0) is 12.1. The molecule has 1 rings (SSSR count). The van der Waals surface area contributed by atoms with Gasteiger partial charge in [0.15, 0.2) is 0 Å². The van der Waals surface area contributed by atoms with Crippen molar-refractivity contribution in [1.29, 1.82) is 0 Å². The van der Waals surface area contributed by atoms with E-state index in [1.165, 1.54) is 12.3 Å². The molecule has 6 heteroatoms. The van der Waals surface area contributed by atoms with Crippen LogP contribution in [0.2, 0.25) is 0 Å². The molecule has 0 bridgehead atoms. The molecule has 1 heterocycles. The van der Waals surface area contributed by atoms with Gasteiger partial charge in [-0.1, -0.05) is 19.8 Å². The van der Waals surface area contributed by atoms with Gasteiger partial charge in [-0.15, -0.1) is 0 Å². The molecule has 0 fully saturated rings. The summed E-state index contributed by atoms with van der Waals surface area (Å²) in [5.41, 5.74) is -1.10. The molecule has 1 atom stereocenters. The largest absolute Gasteiger partial charge is 0.329 e. The Kier molecular flexibility index (Phi) is 4.49. The second kappa shape index (κ2) is 5.65. The van der Waals surface area contributed by atoms with Gasteiger partial charge in [0.25, 0.3) is 5.56 Å². The second-order valence-electron chi connectivity index (χ2n) is 3.48. The molecule has 1 unspecified atom stereocenters. The van der Waals surface area contributed by atoms with Gasteiger partial charge >= 0.3 is 5.69 Å². The molecule has 0 aromatic carbocycles. The highest BCUT2D eigenvalue weighted by molar-refractivity contribution is 6.64. The number of halogens is 1. The first kappa shape index (κ1) is 12.7. The summed E-state index contributed by atoms with van der Waals surface area (Å²) in [4.78, 5) is 35.6. The number of aromatic amines is 1. The Balaban J connectivity index is 3.06. The third-order valence-electron chi connectivity index (χ3n) is 2.28. The van der Waals surface area contributed by atoms with Gasteiger partial charge < -0.3 is 0 Å². The summed E-state index contributed by atoms with van der Waals surface area (Å²) in [6.07, 6.45) is 3.47. The van der Waals surface area contributed by atoms with Crippen LogP contribution in [0, 0.1) is 0 Å². The highest BCUT2D eigenvalue weighted by Gasteiger charge is 2.18. The standard InChI is InChI=1S/C10H13ClN2O3/c1-2-3-4-7(9(11)15)13-6-5-8(14)12-10(13)16/h5-7H,2-4H2,1H3,(H,12,14,16). The van der Waals surface area contributed by atoms with Gasteiger partial charge in [-0.25, -0.2) is 4.79 Å². The lowest BCUT2D eigenvalue weighted by atomic mass is 10.1. The van der Waals surface area contributed by atoms with Gasteiger partial charge in [-0.2, -0.15) is 0 Å². The average Bonchev–Trinajstić information content (AvgIpc) is 2.20. The molecule has 1 N–H and O–H groups in total. The Morgan fingerprint density at radius 3 is 2.75 bits per heavy atom. The number of nitrogens with zero attached hydrogens (tertiary/aromatic N) is 1. The molecule has 0 spiro atoms. The predicted octanol–water partition coefficient (Wildman–Crippen LogP) is 1.03. The highest BCUT2D eigenvalue weighted by Crippen LogP contribution is 2.15. The minimum absolute atomic E-state index is 0.488. The van der Waals surface area contributed by atoms with Crippen LogP contribution in [-0.2, 0) is 4.79 Å². The molecule has 5 nitrogen and oxygen atoms in total. The van der Waals surface area contributed by atoms with E-state index in [0.717, 1.165) is 17.4 Å². The van der Waals surface area contributed by atoms with E-state index in [0.29, 0.717) is 6.42 Å². The number of carbonyl (C=O) groups is 1. The first-order valence-electron chi connectivity index (χ1n) is 5.07. The third-order valence-corrected chi connectivity index (χ3v) is 2.53. The molecule has 0 aliphatic rings. The average molecular weight is 245 g/mol. The molecule has 88 valence electrons. The van der Waals surface area contributed by atoms with Crippen LogP contribution in [0.1, 0.15) is 32.2 Å². The zero-order valence-electron chi connectivity index (χ0n) is 8.90. The monoisotopic (exact) mass is 244 g/mol. The number of hydrogen-bond donors (Lipinski definition) is 1. The van der Waals surface area contributed by atoms with Crippen LogP contribution in [0.3, 0.4) is 0 Å². The summed E-state index contributed by atoms with van der Waals surface area (Å²) in [5.74, 6) is 0. The molecule has 0 saturated heterocycles. The van der Waals surface area contributed by atoms with Crippen LogP contribution in [-0.4, -0.2) is 14.8 Å². The van der Waals surface area contributed by atoms with E-state index in [1.54, 1.807) is 0 Å². The van der Waals surface area contributed by atoms with Gasteiger partial charge in [0.05, 0.1) is 0 Å². The van der Waals surface area contributed by atoms with Crippen molar-refractivity contribution in [3.05, 3.63) is 33.1 Å². The zero-order valence-corrected chi connectivity index (χ0v) is 9.66. The van der Waals surface area contributed by atoms with Crippen molar-refractivity contribution < 1.29 is 4.79 Å². The maximum Gasteiger partial charge on any atom is 0.329 e. The number of hydrogen-bond acceptors (Lipinski definition) is 3. The fourth-order valence-corrected chi connectivity index (χ4v) is 1.65. The SMILES string of the molecule is CCCCC(C(=O)Cl)n1ccc(=O)[nH]c1=O. The van der Waals surface area contributed by atoms with Crippen LogP contribution < -0.4 is 11.2 Å². The van der Waals surface area contributed by atoms with E-state index in [9.17, 15) is 14.4 Å². The quantitative estimate of drug-likeness (QED) is 0.787. The first-order valence-corrected chi connectivity index (χ1v) is 5.45. The lowest BCUT2D eigenvalue weighted by Gasteiger charge is -2.14. The maximum atomic E-state index is 11.4. The summed E-state index contributed by atoms with van der Waals surface area (Å²) in [6.45, 7) is 1.98. The molecule has 0 radical (unpaired) electrons. The Hall–Kier alpha value is -1.36. The Labute approximate surface area is 97.1 Å². The lowest BCUT2D eigenvalue weighted by Crippen LogP contribution is -2.33. The van der Waals surface area contributed by atoms with E-state index >= 15 is 0 Å². The van der Waals surface area contributed by atoms with E-state index in [4.69, 9.17) is 11.6 Å². The highest BCUT2D eigenvalue weighted by atomic mass is 35.5. The Morgan fingerprint density at radius 1 is 1.56 bits per heavy atom. The van der Waals surface area contributed by atoms with E-state index in [1.807, 2.05) is 6.92 Å². The molecule has 0 amide bonds. The molecular weight excluding hydrogens is 232 g/mol. The summed E-state index contributed by atoms with van der Waals surface area (Å²) in [7, 11) is 0. The van der Waals surface area contributed by atoms with Crippen LogP contribution in [0.15, 0.2) is 21.9 Å². The second-order valence-corrected chi connectivity index (χ2v) is 3.85. The molecular formula is C10H13ClN2O3. The van der Waals surface area contributed by atoms with Crippen molar-refractivity contribution in [3.63, 3.8) is 0 Å². The molecule has 0 aliphatic carbocycles. The van der Waals surface area contributed by atoms with E-state index in [2.05, 4.69) is 4.98 Å². The minimum atomic E-state index is -0.703. The number of aromatic nitrogens is 2. The van der Waals surface area contributed by atoms with E-state index < -0.39 is 22.5 Å². The Morgan fingerprint density at radius 2 is 2.25 bits per heavy atom. The van der Waals surface area contributed by atoms with Gasteiger partial charge in [0.2, 0.25) is 5.24 Å². The first-order chi connectivity index (χ1) is 7.56. The van der Waals surface area contributed by atoms with Crippen LogP contribution in [0.25, 0.3) is 0 Å². The number of nitrogens with one attached hydrogen (secondary N) is 1. The fraction of sp³-hybridized carbons (Fsp3) is 0.500. The maximum absolute atomic E-state index is 11.4. The summed E-state index contributed by atoms with van der Waals surface area (Å²) >= 11 is 5.44. The topological polar surface area (TPSA) is 71.9 Å². The van der Waals surface area contributed by atoms with Crippen molar-refractivity contribution >= 4 is 16.8 Å². The van der Waals surface area contributed by atoms with Gasteiger partial charge in [0.1, 0.15) is 6.04 Å². The summed E-state index contributed by atoms with van der Waals surface area (Å²) in [5, 5.41) is -0.595. The lowest BCUT2D eigenvalue weighted by molar-refractivity contribution is -0.114. The number of unbranched alkanes of at least 4 members (excludes halogenated alkanes) is 1. The van der Waals surface area contributed by atoms with Gasteiger partial charge in [-0.3, -0.25) is 19.1 Å². The fourth-order valence-electron chi connectivity index (χ4n) is 1.43. The molecule has 16 heavy (non-hydrogen) atoms. The molecule has 0 aliphatic heterocycles. The van der Waals surface area contributed by atoms with Gasteiger partial charge in [-0.05, 0) is 18.0 Å². The minimum Gasteiger partial charge on any atom is -0.289 e. The summed E-state index contributed by atoms with van der Waals surface area (Å²) in [6, 6.07) is 0.492. The van der Waals surface area contributed by atoms with Crippen molar-refractivity contribution in [1.82, 2.24) is 9.55 Å². The number of carbonyl (C=O) groups excluding carboxylic acids is 1. The van der Waals surface area contributed by atoms with Gasteiger partial charge in [0, 0.05) is 12.3 Å². The smallest absolute Gasteiger partial charge is 0.289 e. The number of H-pyrrole nitrogens is 1. The normalized spacial score (nSPS) is 12.4. The molecule has 0 saturated carbocycles. The van der Waals surface area contributed by atoms with Crippen LogP contribution in [0.4, 0.5) is 0 Å². The van der Waals surface area contributed by atoms with Crippen LogP contribution >= 0.6 is 11.6 Å². The van der Waals surface area contributed by atoms with Crippen molar-refractivity contribution in [2.75, 3.05) is 0 Å². The van der Waals surface area contributed by atoms with Crippen LogP contribution in [0.5, 0.6) is 0 Å². The van der Waals surface area contributed by atoms with Crippen molar-refractivity contribution in [3.8, 4) is 0 Å². The summed E-state index contributed by atoms with van der Waals surface area (Å²) < 4.78 is 1.16. The van der Waals surface area contributed by atoms with Crippen molar-refractivity contribution in [2.45, 2.75) is 32.2 Å².